The molecule has 2 heterocycles. The topological polar surface area (TPSA) is 72.4 Å². The normalized spacial score (nSPS) is 12.4. The molecule has 6 nitrogen and oxygen atoms in total. The summed E-state index contributed by atoms with van der Waals surface area (Å²) in [6.07, 6.45) is 8.33. The maximum Gasteiger partial charge on any atom is 0.415 e. The van der Waals surface area contributed by atoms with Crippen LogP contribution in [0.2, 0.25) is 0 Å². The molecule has 38 heavy (non-hydrogen) atoms. The van der Waals surface area contributed by atoms with E-state index in [0.29, 0.717) is 12.2 Å². The quantitative estimate of drug-likeness (QED) is 0.267. The van der Waals surface area contributed by atoms with Crippen molar-refractivity contribution in [1.82, 2.24) is 9.97 Å². The van der Waals surface area contributed by atoms with Gasteiger partial charge in [-0.25, -0.2) is 9.78 Å². The van der Waals surface area contributed by atoms with Crippen molar-refractivity contribution in [2.75, 3.05) is 11.9 Å². The molecule has 0 aliphatic rings. The van der Waals surface area contributed by atoms with Gasteiger partial charge in [0.05, 0.1) is 5.69 Å². The average molecular weight is 524 g/mol. The number of carbonyl (C=O) groups excluding carboxylic acids is 2. The third-order valence-corrected chi connectivity index (χ3v) is 5.56. The predicted molar refractivity (Wildman–Crippen MR) is 163 cm³/mol. The highest BCUT2D eigenvalue weighted by Crippen LogP contribution is 2.28. The Kier molecular flexibility index (Phi) is 15.1. The number of amides is 1. The van der Waals surface area contributed by atoms with Crippen molar-refractivity contribution in [3.05, 3.63) is 59.1 Å². The predicted octanol–water partition coefficient (Wildman–Crippen LogP) is 9.11. The second-order valence-electron chi connectivity index (χ2n) is 9.35. The first-order chi connectivity index (χ1) is 17.9. The fourth-order valence-electron chi connectivity index (χ4n) is 3.48. The fourth-order valence-corrected chi connectivity index (χ4v) is 3.48. The monoisotopic (exact) mass is 523 g/mol. The zero-order valence-electron chi connectivity index (χ0n) is 25.9. The smallest absolute Gasteiger partial charge is 0.415 e. The molecule has 0 unspecified atom stereocenters. The van der Waals surface area contributed by atoms with Gasteiger partial charge in [0.2, 0.25) is 0 Å². The summed E-state index contributed by atoms with van der Waals surface area (Å²) in [5, 5.41) is 1.77. The van der Waals surface area contributed by atoms with Crippen molar-refractivity contribution in [3.63, 3.8) is 0 Å². The lowest BCUT2D eigenvalue weighted by Crippen LogP contribution is -2.34. The molecule has 2 rings (SSSR count). The molecule has 1 amide bonds. The van der Waals surface area contributed by atoms with Gasteiger partial charge >= 0.3 is 6.09 Å². The number of hydrogen-bond donors (Lipinski definition) is 0. The summed E-state index contributed by atoms with van der Waals surface area (Å²) in [6.45, 7) is 23.4. The Hall–Kier alpha value is -3.28. The largest absolute Gasteiger partial charge is 0.443 e. The van der Waals surface area contributed by atoms with Crippen LogP contribution < -0.4 is 4.90 Å². The van der Waals surface area contributed by atoms with E-state index in [9.17, 15) is 9.59 Å². The second kappa shape index (κ2) is 16.5. The Morgan fingerprint density at radius 3 is 2.00 bits per heavy atom. The number of pyridine rings is 2. The first-order valence-corrected chi connectivity index (χ1v) is 13.7. The van der Waals surface area contributed by atoms with E-state index in [1.54, 1.807) is 19.4 Å². The van der Waals surface area contributed by atoms with E-state index in [1.807, 2.05) is 100 Å². The molecule has 0 radical (unpaired) electrons. The van der Waals surface area contributed by atoms with E-state index in [-0.39, 0.29) is 5.78 Å². The summed E-state index contributed by atoms with van der Waals surface area (Å²) >= 11 is 0. The van der Waals surface area contributed by atoms with Crippen LogP contribution in [-0.4, -0.2) is 34.5 Å². The van der Waals surface area contributed by atoms with E-state index in [0.717, 1.165) is 45.2 Å². The molecule has 0 atom stereocenters. The van der Waals surface area contributed by atoms with Crippen LogP contribution in [0.3, 0.4) is 0 Å². The van der Waals surface area contributed by atoms with Gasteiger partial charge in [0.1, 0.15) is 11.4 Å². The Labute approximate surface area is 230 Å². The number of nitrogens with zero attached hydrogens (tertiary/aromatic N) is 3. The lowest BCUT2D eigenvalue weighted by molar-refractivity contribution is -0.115. The van der Waals surface area contributed by atoms with Crippen molar-refractivity contribution >= 4 is 34.0 Å². The van der Waals surface area contributed by atoms with E-state index >= 15 is 0 Å². The highest BCUT2D eigenvalue weighted by Gasteiger charge is 2.21. The van der Waals surface area contributed by atoms with Gasteiger partial charge in [-0.2, -0.15) is 0 Å². The molecule has 0 fully saturated rings. The SMILES string of the molecule is CC.CC.C\C=C(/C(C)=C\C(C(=O)CC)=C(/C)CC)c1cc2cnc(N(C)C(=O)OC(C)(C)C)cc2cn1. The summed E-state index contributed by atoms with van der Waals surface area (Å²) in [6, 6.07) is 3.80. The van der Waals surface area contributed by atoms with E-state index in [1.165, 1.54) is 4.90 Å². The van der Waals surface area contributed by atoms with E-state index < -0.39 is 11.7 Å². The lowest BCUT2D eigenvalue weighted by atomic mass is 9.95. The van der Waals surface area contributed by atoms with Crippen LogP contribution in [0.15, 0.2) is 53.4 Å². The summed E-state index contributed by atoms with van der Waals surface area (Å²) < 4.78 is 5.43. The van der Waals surface area contributed by atoms with Crippen LogP contribution in [-0.2, 0) is 9.53 Å². The summed E-state index contributed by atoms with van der Waals surface area (Å²) in [4.78, 5) is 35.4. The van der Waals surface area contributed by atoms with E-state index in [2.05, 4.69) is 16.9 Å². The molecule has 0 saturated carbocycles. The molecular weight excluding hydrogens is 474 g/mol. The maximum atomic E-state index is 12.5. The van der Waals surface area contributed by atoms with Crippen LogP contribution in [0.4, 0.5) is 10.6 Å². The minimum absolute atomic E-state index is 0.145. The van der Waals surface area contributed by atoms with Crippen LogP contribution in [0.1, 0.15) is 102 Å². The Bertz CT molecular complexity index is 1170. The maximum absolute atomic E-state index is 12.5. The van der Waals surface area contributed by atoms with Crippen LogP contribution in [0.5, 0.6) is 0 Å². The van der Waals surface area contributed by atoms with Crippen molar-refractivity contribution in [2.24, 2.45) is 0 Å². The number of Topliss-reactive ketones (excluding diaryl/α,β-unsaturated/α-hetero) is 1. The number of rotatable bonds is 7. The number of allylic oxidation sites excluding steroid dienone is 6. The number of fused-ring (bicyclic) bond motifs is 1. The van der Waals surface area contributed by atoms with Gasteiger partial charge in [0, 0.05) is 42.2 Å². The molecule has 210 valence electrons. The Morgan fingerprint density at radius 1 is 0.947 bits per heavy atom. The number of hydrogen-bond acceptors (Lipinski definition) is 5. The average Bonchev–Trinajstić information content (AvgIpc) is 2.91. The minimum Gasteiger partial charge on any atom is -0.443 e. The molecule has 0 spiro atoms. The van der Waals surface area contributed by atoms with Crippen LogP contribution in [0.25, 0.3) is 16.3 Å². The molecule has 0 aromatic carbocycles. The highest BCUT2D eigenvalue weighted by molar-refractivity contribution is 5.99. The molecule has 6 heteroatoms. The van der Waals surface area contributed by atoms with Crippen molar-refractivity contribution in [1.29, 1.82) is 0 Å². The van der Waals surface area contributed by atoms with Gasteiger partial charge in [0.15, 0.2) is 5.78 Å². The fraction of sp³-hybridized carbons (Fsp3) is 0.500. The van der Waals surface area contributed by atoms with E-state index in [4.69, 9.17) is 4.74 Å². The van der Waals surface area contributed by atoms with Crippen molar-refractivity contribution < 1.29 is 14.3 Å². The molecular formula is C32H49N3O3. The lowest BCUT2D eigenvalue weighted by Gasteiger charge is -2.24. The Balaban J connectivity index is 0.00000326. The summed E-state index contributed by atoms with van der Waals surface area (Å²) in [7, 11) is 1.64. The third-order valence-electron chi connectivity index (χ3n) is 5.56. The zero-order chi connectivity index (χ0) is 29.6. The van der Waals surface area contributed by atoms with Crippen LogP contribution in [0, 0.1) is 0 Å². The third kappa shape index (κ3) is 9.88. The standard InChI is InChI=1S/C28H37N3O3.2C2H6/c1-10-18(4)23(25(32)12-3)13-19(5)22(11-2)24-14-20-17-30-26(15-21(20)16-29-24)31(9)27(33)34-28(6,7)8;2*1-2/h11,13-17H,10,12H2,1-9H3;2*1-2H3/b19-13-,22-11+,23-18-;;. The van der Waals surface area contributed by atoms with Gasteiger partial charge in [0.25, 0.3) is 0 Å². The second-order valence-corrected chi connectivity index (χ2v) is 9.35. The minimum atomic E-state index is -0.584. The van der Waals surface area contributed by atoms with Crippen LogP contribution >= 0.6 is 0 Å². The molecule has 0 N–H and O–H groups in total. The number of carbonyl (C=O) groups is 2. The molecule has 0 bridgehead atoms. The summed E-state index contributed by atoms with van der Waals surface area (Å²) in [5.74, 6) is 0.632. The van der Waals surface area contributed by atoms with Gasteiger partial charge in [-0.1, -0.05) is 53.2 Å². The number of ether oxygens (including phenoxy) is 1. The first kappa shape index (κ1) is 34.7. The molecule has 2 aromatic heterocycles. The molecule has 2 aromatic rings. The molecule has 0 saturated heterocycles. The number of aromatic nitrogens is 2. The van der Waals surface area contributed by atoms with Crippen molar-refractivity contribution in [3.8, 4) is 0 Å². The first-order valence-electron chi connectivity index (χ1n) is 13.7. The number of ketones is 1. The van der Waals surface area contributed by atoms with Gasteiger partial charge in [-0.05, 0) is 77.3 Å². The molecule has 0 aliphatic carbocycles. The molecule has 0 aliphatic heterocycles. The number of anilines is 1. The highest BCUT2D eigenvalue weighted by atomic mass is 16.6. The van der Waals surface area contributed by atoms with Crippen molar-refractivity contribution in [2.45, 2.75) is 102 Å². The zero-order valence-corrected chi connectivity index (χ0v) is 25.9. The van der Waals surface area contributed by atoms with Gasteiger partial charge in [-0.3, -0.25) is 14.7 Å². The van der Waals surface area contributed by atoms with Gasteiger partial charge in [-0.15, -0.1) is 0 Å². The van der Waals surface area contributed by atoms with Gasteiger partial charge < -0.3 is 4.74 Å². The Morgan fingerprint density at radius 2 is 1.50 bits per heavy atom. The summed E-state index contributed by atoms with van der Waals surface area (Å²) in [5.41, 5.74) is 4.02.